The lowest BCUT2D eigenvalue weighted by atomic mass is 10.1. The molecule has 2 N–H and O–H groups in total. The van der Waals surface area contributed by atoms with Crippen molar-refractivity contribution in [1.82, 2.24) is 10.2 Å². The van der Waals surface area contributed by atoms with E-state index in [0.29, 0.717) is 6.42 Å². The van der Waals surface area contributed by atoms with Gasteiger partial charge < -0.3 is 15.3 Å². The number of urea groups is 1. The minimum atomic E-state index is -0.966. The van der Waals surface area contributed by atoms with Gasteiger partial charge in [0.15, 0.2) is 0 Å². The summed E-state index contributed by atoms with van der Waals surface area (Å²) >= 11 is 0. The van der Waals surface area contributed by atoms with Crippen LogP contribution in [-0.2, 0) is 4.79 Å². The van der Waals surface area contributed by atoms with E-state index in [4.69, 9.17) is 5.11 Å². The Kier molecular flexibility index (Phi) is 7.34. The number of nitrogens with zero attached hydrogens (tertiary/aromatic N) is 1. The number of likely N-dealkylation sites (N-methyl/N-ethyl adjacent to an activating group) is 1. The number of carbonyl (C=O) groups is 2. The predicted molar refractivity (Wildman–Crippen MR) is 67.0 cm³/mol. The van der Waals surface area contributed by atoms with E-state index < -0.39 is 12.0 Å². The predicted octanol–water partition coefficient (Wildman–Crippen LogP) is 2.07. The van der Waals surface area contributed by atoms with Gasteiger partial charge in [-0.3, -0.25) is 0 Å². The number of nitrogens with one attached hydrogen (secondary N) is 1. The lowest BCUT2D eigenvalue weighted by Gasteiger charge is -2.26. The van der Waals surface area contributed by atoms with Crippen molar-refractivity contribution in [2.45, 2.75) is 58.5 Å². The minimum absolute atomic E-state index is 0.0798. The molecule has 0 aliphatic rings. The standard InChI is InChI=1S/C12H24N2O3/c1-5-7-8-9(3)13-12(17)14(4)10(6-2)11(15)16/h9-10H,5-8H2,1-4H3,(H,13,17)(H,15,16). The highest BCUT2D eigenvalue weighted by molar-refractivity contribution is 5.82. The Morgan fingerprint density at radius 3 is 2.35 bits per heavy atom. The van der Waals surface area contributed by atoms with Crippen molar-refractivity contribution in [2.24, 2.45) is 0 Å². The maximum absolute atomic E-state index is 11.8. The number of rotatable bonds is 7. The lowest BCUT2D eigenvalue weighted by molar-refractivity contribution is -0.141. The fourth-order valence-electron chi connectivity index (χ4n) is 1.65. The fourth-order valence-corrected chi connectivity index (χ4v) is 1.65. The Hall–Kier alpha value is -1.26. The second kappa shape index (κ2) is 7.92. The average molecular weight is 244 g/mol. The molecule has 5 heteroatoms. The highest BCUT2D eigenvalue weighted by Gasteiger charge is 2.25. The van der Waals surface area contributed by atoms with Crippen LogP contribution in [0.25, 0.3) is 0 Å². The van der Waals surface area contributed by atoms with Crippen LogP contribution in [-0.4, -0.2) is 41.1 Å². The van der Waals surface area contributed by atoms with Gasteiger partial charge in [0.1, 0.15) is 6.04 Å². The minimum Gasteiger partial charge on any atom is -0.480 e. The molecule has 0 bridgehead atoms. The van der Waals surface area contributed by atoms with Gasteiger partial charge in [-0.05, 0) is 19.8 Å². The van der Waals surface area contributed by atoms with Crippen LogP contribution in [0.5, 0.6) is 0 Å². The van der Waals surface area contributed by atoms with Gasteiger partial charge in [-0.1, -0.05) is 26.7 Å². The number of hydrogen-bond donors (Lipinski definition) is 2. The first-order valence-electron chi connectivity index (χ1n) is 6.20. The SMILES string of the molecule is CCCCC(C)NC(=O)N(C)C(CC)C(=O)O. The number of amides is 2. The van der Waals surface area contributed by atoms with Crippen molar-refractivity contribution >= 4 is 12.0 Å². The molecular weight excluding hydrogens is 220 g/mol. The van der Waals surface area contributed by atoms with Gasteiger partial charge in [0, 0.05) is 13.1 Å². The molecule has 0 aromatic rings. The second-order valence-electron chi connectivity index (χ2n) is 4.37. The van der Waals surface area contributed by atoms with E-state index in [2.05, 4.69) is 12.2 Å². The molecule has 0 aromatic heterocycles. The first-order chi connectivity index (χ1) is 7.93. The largest absolute Gasteiger partial charge is 0.480 e. The normalized spacial score (nSPS) is 13.9. The van der Waals surface area contributed by atoms with Gasteiger partial charge in [0.05, 0.1) is 0 Å². The molecule has 0 aromatic carbocycles. The first kappa shape index (κ1) is 15.7. The molecule has 100 valence electrons. The Morgan fingerprint density at radius 2 is 1.94 bits per heavy atom. The van der Waals surface area contributed by atoms with Crippen molar-refractivity contribution in [3.63, 3.8) is 0 Å². The van der Waals surface area contributed by atoms with Crippen LogP contribution in [0.1, 0.15) is 46.5 Å². The molecule has 0 saturated carbocycles. The van der Waals surface area contributed by atoms with E-state index in [-0.39, 0.29) is 12.1 Å². The summed E-state index contributed by atoms with van der Waals surface area (Å²) in [6.07, 6.45) is 3.46. The van der Waals surface area contributed by atoms with E-state index in [1.807, 2.05) is 6.92 Å². The van der Waals surface area contributed by atoms with Crippen LogP contribution in [0.4, 0.5) is 4.79 Å². The summed E-state index contributed by atoms with van der Waals surface area (Å²) < 4.78 is 0. The number of carboxylic acid groups (broad SMARTS) is 1. The van der Waals surface area contributed by atoms with Gasteiger partial charge in [-0.25, -0.2) is 9.59 Å². The first-order valence-corrected chi connectivity index (χ1v) is 6.20. The number of carboxylic acids is 1. The number of hydrogen-bond acceptors (Lipinski definition) is 2. The molecule has 0 heterocycles. The highest BCUT2D eigenvalue weighted by atomic mass is 16.4. The molecule has 0 aliphatic heterocycles. The summed E-state index contributed by atoms with van der Waals surface area (Å²) in [6.45, 7) is 5.78. The quantitative estimate of drug-likeness (QED) is 0.720. The summed E-state index contributed by atoms with van der Waals surface area (Å²) in [5.74, 6) is -0.966. The van der Waals surface area contributed by atoms with E-state index in [9.17, 15) is 9.59 Å². The molecule has 0 radical (unpaired) electrons. The molecule has 17 heavy (non-hydrogen) atoms. The summed E-state index contributed by atoms with van der Waals surface area (Å²) in [5.41, 5.74) is 0. The molecule has 0 spiro atoms. The zero-order valence-corrected chi connectivity index (χ0v) is 11.2. The average Bonchev–Trinajstić information content (AvgIpc) is 2.26. The Balaban J connectivity index is 4.25. The van der Waals surface area contributed by atoms with E-state index in [1.54, 1.807) is 6.92 Å². The summed E-state index contributed by atoms with van der Waals surface area (Å²) in [4.78, 5) is 23.9. The molecular formula is C12H24N2O3. The fraction of sp³-hybridized carbons (Fsp3) is 0.833. The monoisotopic (exact) mass is 244 g/mol. The Morgan fingerprint density at radius 1 is 1.35 bits per heavy atom. The van der Waals surface area contributed by atoms with E-state index in [1.165, 1.54) is 11.9 Å². The van der Waals surface area contributed by atoms with Crippen molar-refractivity contribution in [3.05, 3.63) is 0 Å². The molecule has 2 amide bonds. The van der Waals surface area contributed by atoms with Crippen LogP contribution in [0, 0.1) is 0 Å². The third-order valence-electron chi connectivity index (χ3n) is 2.82. The Labute approximate surface area is 103 Å². The molecule has 2 unspecified atom stereocenters. The maximum atomic E-state index is 11.8. The number of carbonyl (C=O) groups excluding carboxylic acids is 1. The van der Waals surface area contributed by atoms with Crippen LogP contribution in [0.2, 0.25) is 0 Å². The zero-order valence-electron chi connectivity index (χ0n) is 11.2. The topological polar surface area (TPSA) is 69.6 Å². The van der Waals surface area contributed by atoms with Crippen molar-refractivity contribution in [2.75, 3.05) is 7.05 Å². The molecule has 0 saturated heterocycles. The summed E-state index contributed by atoms with van der Waals surface area (Å²) in [5, 5.41) is 11.8. The summed E-state index contributed by atoms with van der Waals surface area (Å²) in [6, 6.07) is -0.993. The second-order valence-corrected chi connectivity index (χ2v) is 4.37. The van der Waals surface area contributed by atoms with Gasteiger partial charge in [0.25, 0.3) is 0 Å². The van der Waals surface area contributed by atoms with Crippen LogP contribution in [0.15, 0.2) is 0 Å². The van der Waals surface area contributed by atoms with Crippen molar-refractivity contribution < 1.29 is 14.7 Å². The molecule has 5 nitrogen and oxygen atoms in total. The lowest BCUT2D eigenvalue weighted by Crippen LogP contribution is -2.49. The zero-order chi connectivity index (χ0) is 13.4. The van der Waals surface area contributed by atoms with Gasteiger partial charge >= 0.3 is 12.0 Å². The van der Waals surface area contributed by atoms with Crippen molar-refractivity contribution in [1.29, 1.82) is 0 Å². The van der Waals surface area contributed by atoms with E-state index in [0.717, 1.165) is 19.3 Å². The van der Waals surface area contributed by atoms with Gasteiger partial charge in [0.2, 0.25) is 0 Å². The molecule has 0 aliphatic carbocycles. The number of unbranched alkanes of at least 4 members (excludes halogenated alkanes) is 1. The summed E-state index contributed by atoms with van der Waals surface area (Å²) in [7, 11) is 1.52. The van der Waals surface area contributed by atoms with Crippen LogP contribution < -0.4 is 5.32 Å². The Bertz CT molecular complexity index is 256. The maximum Gasteiger partial charge on any atom is 0.326 e. The molecule has 0 fully saturated rings. The van der Waals surface area contributed by atoms with E-state index >= 15 is 0 Å². The highest BCUT2D eigenvalue weighted by Crippen LogP contribution is 2.04. The molecule has 0 rings (SSSR count). The third-order valence-corrected chi connectivity index (χ3v) is 2.82. The number of aliphatic carboxylic acids is 1. The smallest absolute Gasteiger partial charge is 0.326 e. The van der Waals surface area contributed by atoms with Gasteiger partial charge in [-0.15, -0.1) is 0 Å². The third kappa shape index (κ3) is 5.56. The van der Waals surface area contributed by atoms with Crippen LogP contribution in [0.3, 0.4) is 0 Å². The van der Waals surface area contributed by atoms with Crippen molar-refractivity contribution in [3.8, 4) is 0 Å². The van der Waals surface area contributed by atoms with Gasteiger partial charge in [-0.2, -0.15) is 0 Å². The van der Waals surface area contributed by atoms with Crippen LogP contribution >= 0.6 is 0 Å². The molecule has 2 atom stereocenters.